The Morgan fingerprint density at radius 2 is 2.15 bits per heavy atom. The number of rotatable bonds is 2. The van der Waals surface area contributed by atoms with E-state index < -0.39 is 0 Å². The maximum absolute atomic E-state index is 5.50. The van der Waals surface area contributed by atoms with Crippen molar-refractivity contribution >= 4 is 22.9 Å². The van der Waals surface area contributed by atoms with Crippen LogP contribution in [0.3, 0.4) is 0 Å². The Balaban J connectivity index is 1.82. The third-order valence-electron chi connectivity index (χ3n) is 4.33. The molecule has 0 spiro atoms. The third-order valence-corrected chi connectivity index (χ3v) is 5.48. The second-order valence-corrected chi connectivity index (χ2v) is 6.74. The molecule has 5 heteroatoms. The fraction of sp³-hybridized carbons (Fsp3) is 0.600. The van der Waals surface area contributed by atoms with Crippen LogP contribution in [0.1, 0.15) is 37.0 Å². The summed E-state index contributed by atoms with van der Waals surface area (Å²) >= 11 is 2.04. The topological polar surface area (TPSA) is 39.9 Å². The van der Waals surface area contributed by atoms with Crippen LogP contribution in [0.2, 0.25) is 0 Å². The number of pyridine rings is 1. The molecular formula is C15H19N3OS. The summed E-state index contributed by atoms with van der Waals surface area (Å²) in [6.07, 6.45) is 5.30. The highest BCUT2D eigenvalue weighted by molar-refractivity contribution is 7.99. The fourth-order valence-corrected chi connectivity index (χ4v) is 4.47. The maximum atomic E-state index is 5.50. The van der Waals surface area contributed by atoms with Crippen molar-refractivity contribution in [1.82, 2.24) is 14.5 Å². The zero-order valence-electron chi connectivity index (χ0n) is 11.5. The molecule has 2 fully saturated rings. The number of hydrogen-bond acceptors (Lipinski definition) is 4. The van der Waals surface area contributed by atoms with Gasteiger partial charge in [0.2, 0.25) is 0 Å². The number of aromatic nitrogens is 3. The van der Waals surface area contributed by atoms with Crippen molar-refractivity contribution in [2.24, 2.45) is 0 Å². The van der Waals surface area contributed by atoms with Gasteiger partial charge in [0.1, 0.15) is 11.3 Å². The highest BCUT2D eigenvalue weighted by Crippen LogP contribution is 2.36. The van der Waals surface area contributed by atoms with Gasteiger partial charge in [-0.15, -0.1) is 0 Å². The summed E-state index contributed by atoms with van der Waals surface area (Å²) in [4.78, 5) is 9.52. The highest BCUT2D eigenvalue weighted by Gasteiger charge is 2.28. The Morgan fingerprint density at radius 1 is 1.25 bits per heavy atom. The van der Waals surface area contributed by atoms with E-state index in [0.717, 1.165) is 37.2 Å². The van der Waals surface area contributed by atoms with Crippen LogP contribution in [-0.4, -0.2) is 39.3 Å². The van der Waals surface area contributed by atoms with Crippen molar-refractivity contribution in [2.45, 2.75) is 31.2 Å². The lowest BCUT2D eigenvalue weighted by Gasteiger charge is -2.24. The molecule has 2 aliphatic heterocycles. The molecule has 0 aliphatic carbocycles. The Kier molecular flexibility index (Phi) is 3.40. The minimum atomic E-state index is 0.531. The normalized spacial score (nSPS) is 24.5. The molecule has 1 unspecified atom stereocenters. The van der Waals surface area contributed by atoms with Crippen molar-refractivity contribution in [1.29, 1.82) is 0 Å². The zero-order valence-corrected chi connectivity index (χ0v) is 12.3. The van der Waals surface area contributed by atoms with Crippen molar-refractivity contribution in [3.05, 3.63) is 24.2 Å². The van der Waals surface area contributed by atoms with E-state index in [4.69, 9.17) is 9.72 Å². The molecule has 1 atom stereocenters. The van der Waals surface area contributed by atoms with Gasteiger partial charge in [-0.2, -0.15) is 11.8 Å². The summed E-state index contributed by atoms with van der Waals surface area (Å²) < 4.78 is 7.94. The molecular weight excluding hydrogens is 270 g/mol. The molecule has 2 saturated heterocycles. The van der Waals surface area contributed by atoms with Crippen LogP contribution in [0.4, 0.5) is 0 Å². The zero-order chi connectivity index (χ0) is 13.4. The lowest BCUT2D eigenvalue weighted by molar-refractivity contribution is 0.0826. The average molecular weight is 289 g/mol. The molecule has 0 radical (unpaired) electrons. The largest absolute Gasteiger partial charge is 0.381 e. The van der Waals surface area contributed by atoms with E-state index in [1.165, 1.54) is 23.8 Å². The molecule has 106 valence electrons. The molecule has 20 heavy (non-hydrogen) atoms. The average Bonchev–Trinajstić information content (AvgIpc) is 3.14. The Bertz CT molecular complexity index is 600. The molecule has 4 nitrogen and oxygen atoms in total. The first-order chi connectivity index (χ1) is 9.93. The maximum Gasteiger partial charge on any atom is 0.160 e. The SMILES string of the molecule is c1cnc2c(c1)nc(C1CCOCC1)n2C1CCSC1. The number of nitrogens with zero attached hydrogens (tertiary/aromatic N) is 3. The Morgan fingerprint density at radius 3 is 2.95 bits per heavy atom. The van der Waals surface area contributed by atoms with E-state index in [9.17, 15) is 0 Å². The first-order valence-electron chi connectivity index (χ1n) is 7.42. The second-order valence-electron chi connectivity index (χ2n) is 5.59. The minimum Gasteiger partial charge on any atom is -0.381 e. The van der Waals surface area contributed by atoms with Crippen LogP contribution < -0.4 is 0 Å². The van der Waals surface area contributed by atoms with Gasteiger partial charge in [0.15, 0.2) is 5.65 Å². The number of ether oxygens (including phenoxy) is 1. The molecule has 0 N–H and O–H groups in total. The fourth-order valence-electron chi connectivity index (χ4n) is 3.28. The lowest BCUT2D eigenvalue weighted by Crippen LogP contribution is -2.20. The van der Waals surface area contributed by atoms with Gasteiger partial charge in [0, 0.05) is 37.1 Å². The van der Waals surface area contributed by atoms with Gasteiger partial charge in [-0.05, 0) is 37.1 Å². The summed E-state index contributed by atoms with van der Waals surface area (Å²) in [5.74, 6) is 4.22. The smallest absolute Gasteiger partial charge is 0.160 e. The predicted molar refractivity (Wildman–Crippen MR) is 81.3 cm³/mol. The number of hydrogen-bond donors (Lipinski definition) is 0. The number of imidazole rings is 1. The molecule has 4 heterocycles. The van der Waals surface area contributed by atoms with Crippen LogP contribution in [0, 0.1) is 0 Å². The van der Waals surface area contributed by atoms with E-state index in [0.29, 0.717) is 12.0 Å². The van der Waals surface area contributed by atoms with E-state index in [1.54, 1.807) is 0 Å². The molecule has 0 saturated carbocycles. The van der Waals surface area contributed by atoms with Crippen LogP contribution >= 0.6 is 11.8 Å². The molecule has 0 amide bonds. The molecule has 4 rings (SSSR count). The molecule has 0 aromatic carbocycles. The molecule has 2 aromatic heterocycles. The second kappa shape index (κ2) is 5.37. The summed E-state index contributed by atoms with van der Waals surface area (Å²) in [5.41, 5.74) is 2.12. The van der Waals surface area contributed by atoms with Crippen molar-refractivity contribution in [3.8, 4) is 0 Å². The minimum absolute atomic E-state index is 0.531. The molecule has 0 bridgehead atoms. The monoisotopic (exact) mass is 289 g/mol. The van der Waals surface area contributed by atoms with Gasteiger partial charge >= 0.3 is 0 Å². The predicted octanol–water partition coefficient (Wildman–Crippen LogP) is 3.00. The first-order valence-corrected chi connectivity index (χ1v) is 8.57. The summed E-state index contributed by atoms with van der Waals surface area (Å²) in [6, 6.07) is 4.64. The standard InChI is InChI=1S/C15H19N3OS/c1-2-13-15(16-6-1)18(12-5-9-20-10-12)14(17-13)11-3-7-19-8-4-11/h1-2,6,11-12H,3-5,7-10H2. The first kappa shape index (κ1) is 12.7. The van der Waals surface area contributed by atoms with Gasteiger partial charge in [-0.25, -0.2) is 9.97 Å². The Hall–Kier alpha value is -1.07. The van der Waals surface area contributed by atoms with E-state index in [1.807, 2.05) is 24.0 Å². The lowest BCUT2D eigenvalue weighted by atomic mass is 9.99. The highest BCUT2D eigenvalue weighted by atomic mass is 32.2. The van der Waals surface area contributed by atoms with Gasteiger partial charge in [0.05, 0.1) is 0 Å². The quantitative estimate of drug-likeness (QED) is 0.852. The third kappa shape index (κ3) is 2.13. The van der Waals surface area contributed by atoms with Crippen molar-refractivity contribution < 1.29 is 4.74 Å². The summed E-state index contributed by atoms with van der Waals surface area (Å²) in [7, 11) is 0. The van der Waals surface area contributed by atoms with E-state index in [2.05, 4.69) is 15.6 Å². The molecule has 2 aromatic rings. The van der Waals surface area contributed by atoms with Gasteiger partial charge in [-0.3, -0.25) is 0 Å². The van der Waals surface area contributed by atoms with Gasteiger partial charge in [-0.1, -0.05) is 0 Å². The number of fused-ring (bicyclic) bond motifs is 1. The van der Waals surface area contributed by atoms with Crippen LogP contribution in [-0.2, 0) is 4.74 Å². The molecule has 2 aliphatic rings. The van der Waals surface area contributed by atoms with Gasteiger partial charge < -0.3 is 9.30 Å². The van der Waals surface area contributed by atoms with Crippen molar-refractivity contribution in [2.75, 3.05) is 24.7 Å². The van der Waals surface area contributed by atoms with Crippen molar-refractivity contribution in [3.63, 3.8) is 0 Å². The van der Waals surface area contributed by atoms with Crippen LogP contribution in [0.15, 0.2) is 18.3 Å². The Labute approximate surface area is 122 Å². The summed E-state index contributed by atoms with van der Waals surface area (Å²) in [5, 5.41) is 0. The van der Waals surface area contributed by atoms with E-state index in [-0.39, 0.29) is 0 Å². The van der Waals surface area contributed by atoms with Crippen LogP contribution in [0.5, 0.6) is 0 Å². The van der Waals surface area contributed by atoms with Gasteiger partial charge in [0.25, 0.3) is 0 Å². The summed E-state index contributed by atoms with van der Waals surface area (Å²) in [6.45, 7) is 1.72. The van der Waals surface area contributed by atoms with E-state index >= 15 is 0 Å². The number of thioether (sulfide) groups is 1. The van der Waals surface area contributed by atoms with Crippen LogP contribution in [0.25, 0.3) is 11.2 Å².